The third-order valence-corrected chi connectivity index (χ3v) is 7.66. The van der Waals surface area contributed by atoms with Crippen molar-refractivity contribution >= 4 is 0 Å². The number of fused-ring (bicyclic) bond motifs is 2. The van der Waals surface area contributed by atoms with Gasteiger partial charge in [-0.15, -0.1) is 0 Å². The van der Waals surface area contributed by atoms with Gasteiger partial charge < -0.3 is 9.47 Å². The summed E-state index contributed by atoms with van der Waals surface area (Å²) in [6.45, 7) is 9.42. The third kappa shape index (κ3) is 5.13. The first-order valence-corrected chi connectivity index (χ1v) is 13.1. The maximum absolute atomic E-state index is 6.12. The second kappa shape index (κ2) is 10.0. The van der Waals surface area contributed by atoms with Gasteiger partial charge in [-0.2, -0.15) is 0 Å². The molecule has 0 unspecified atom stereocenters. The lowest BCUT2D eigenvalue weighted by Gasteiger charge is -2.33. The molecule has 4 heteroatoms. The van der Waals surface area contributed by atoms with Crippen molar-refractivity contribution in [2.45, 2.75) is 45.4 Å². The molecule has 0 fully saturated rings. The van der Waals surface area contributed by atoms with E-state index in [4.69, 9.17) is 9.47 Å². The van der Waals surface area contributed by atoms with Crippen LogP contribution in [-0.2, 0) is 31.6 Å². The van der Waals surface area contributed by atoms with E-state index in [9.17, 15) is 0 Å². The van der Waals surface area contributed by atoms with Crippen LogP contribution in [0.4, 0.5) is 0 Å². The SMILES string of the molecule is CC(C)(c1ccc2c(c1)CN(Cc1ccccc1)CO2)c1ccc2c(c1)CN(Cc1ccccc1)CO2. The molecule has 4 aromatic rings. The van der Waals surface area contributed by atoms with Crippen LogP contribution in [-0.4, -0.2) is 23.3 Å². The molecule has 4 nitrogen and oxygen atoms in total. The average molecular weight is 491 g/mol. The van der Waals surface area contributed by atoms with Gasteiger partial charge in [-0.25, -0.2) is 0 Å². The molecule has 0 atom stereocenters. The molecule has 0 amide bonds. The third-order valence-electron chi connectivity index (χ3n) is 7.66. The Morgan fingerprint density at radius 1 is 0.595 bits per heavy atom. The summed E-state index contributed by atoms with van der Waals surface area (Å²) < 4.78 is 12.2. The molecule has 0 saturated heterocycles. The van der Waals surface area contributed by atoms with E-state index >= 15 is 0 Å². The molecule has 0 saturated carbocycles. The maximum Gasteiger partial charge on any atom is 0.142 e. The smallest absolute Gasteiger partial charge is 0.142 e. The van der Waals surface area contributed by atoms with Crippen molar-refractivity contribution in [2.24, 2.45) is 0 Å². The van der Waals surface area contributed by atoms with Gasteiger partial charge in [0.1, 0.15) is 25.0 Å². The summed E-state index contributed by atoms with van der Waals surface area (Å²) >= 11 is 0. The number of nitrogens with zero attached hydrogens (tertiary/aromatic N) is 2. The van der Waals surface area contributed by atoms with Crippen LogP contribution in [0.5, 0.6) is 11.5 Å². The number of hydrogen-bond donors (Lipinski definition) is 0. The fourth-order valence-corrected chi connectivity index (χ4v) is 5.41. The summed E-state index contributed by atoms with van der Waals surface area (Å²) in [6.07, 6.45) is 0. The molecular formula is C33H34N2O2. The maximum atomic E-state index is 6.12. The molecule has 2 aliphatic rings. The Morgan fingerprint density at radius 2 is 1.03 bits per heavy atom. The Balaban J connectivity index is 1.21. The van der Waals surface area contributed by atoms with E-state index in [0.29, 0.717) is 13.5 Å². The minimum Gasteiger partial charge on any atom is -0.478 e. The zero-order chi connectivity index (χ0) is 25.2. The lowest BCUT2D eigenvalue weighted by molar-refractivity contribution is 0.0884. The van der Waals surface area contributed by atoms with Crippen molar-refractivity contribution in [3.8, 4) is 11.5 Å². The highest BCUT2D eigenvalue weighted by atomic mass is 16.5. The lowest BCUT2D eigenvalue weighted by Crippen LogP contribution is -2.32. The van der Waals surface area contributed by atoms with Gasteiger partial charge in [0, 0.05) is 42.7 Å². The van der Waals surface area contributed by atoms with Gasteiger partial charge in [-0.1, -0.05) is 86.6 Å². The summed E-state index contributed by atoms with van der Waals surface area (Å²) in [4.78, 5) is 4.71. The molecule has 0 spiro atoms. The summed E-state index contributed by atoms with van der Waals surface area (Å²) in [7, 11) is 0. The molecule has 0 radical (unpaired) electrons. The van der Waals surface area contributed by atoms with Crippen molar-refractivity contribution in [3.63, 3.8) is 0 Å². The summed E-state index contributed by atoms with van der Waals surface area (Å²) in [6, 6.07) is 34.6. The van der Waals surface area contributed by atoms with Crippen LogP contribution in [0.2, 0.25) is 0 Å². The Labute approximate surface area is 220 Å². The first-order chi connectivity index (χ1) is 18.0. The minimum absolute atomic E-state index is 0.145. The Kier molecular flexibility index (Phi) is 6.45. The van der Waals surface area contributed by atoms with Crippen LogP contribution in [0.3, 0.4) is 0 Å². The fraction of sp³-hybridized carbons (Fsp3) is 0.273. The van der Waals surface area contributed by atoms with Crippen LogP contribution >= 0.6 is 0 Å². The predicted octanol–water partition coefficient (Wildman–Crippen LogP) is 6.72. The van der Waals surface area contributed by atoms with Crippen molar-refractivity contribution in [1.29, 1.82) is 0 Å². The quantitative estimate of drug-likeness (QED) is 0.300. The molecular weight excluding hydrogens is 456 g/mol. The van der Waals surface area contributed by atoms with E-state index in [2.05, 4.69) is 121 Å². The Hall–Kier alpha value is -3.60. The Bertz CT molecular complexity index is 1260. The van der Waals surface area contributed by atoms with Crippen molar-refractivity contribution in [3.05, 3.63) is 130 Å². The largest absolute Gasteiger partial charge is 0.478 e. The van der Waals surface area contributed by atoms with Crippen LogP contribution in [0.15, 0.2) is 97.1 Å². The molecule has 2 aliphatic heterocycles. The fourth-order valence-electron chi connectivity index (χ4n) is 5.41. The zero-order valence-corrected chi connectivity index (χ0v) is 21.7. The molecule has 0 aromatic heterocycles. The normalized spacial score (nSPS) is 15.8. The topological polar surface area (TPSA) is 24.9 Å². The highest BCUT2D eigenvalue weighted by molar-refractivity contribution is 5.48. The van der Waals surface area contributed by atoms with Crippen LogP contribution < -0.4 is 9.47 Å². The minimum atomic E-state index is -0.145. The summed E-state index contributed by atoms with van der Waals surface area (Å²) in [5.74, 6) is 2.00. The first kappa shape index (κ1) is 23.8. The molecule has 0 N–H and O–H groups in total. The van der Waals surface area contributed by atoms with Gasteiger partial charge in [-0.05, 0) is 46.5 Å². The van der Waals surface area contributed by atoms with Gasteiger partial charge in [0.2, 0.25) is 0 Å². The van der Waals surface area contributed by atoms with Crippen LogP contribution in [0, 0.1) is 0 Å². The number of benzene rings is 4. The monoisotopic (exact) mass is 490 g/mol. The van der Waals surface area contributed by atoms with Crippen molar-refractivity contribution in [2.75, 3.05) is 13.5 Å². The molecule has 2 heterocycles. The van der Waals surface area contributed by atoms with Gasteiger partial charge >= 0.3 is 0 Å². The molecule has 188 valence electrons. The van der Waals surface area contributed by atoms with E-state index in [1.54, 1.807) is 0 Å². The number of ether oxygens (including phenoxy) is 2. The summed E-state index contributed by atoms with van der Waals surface area (Å²) in [5, 5.41) is 0. The molecule has 37 heavy (non-hydrogen) atoms. The average Bonchev–Trinajstić information content (AvgIpc) is 2.93. The highest BCUT2D eigenvalue weighted by Gasteiger charge is 2.28. The highest BCUT2D eigenvalue weighted by Crippen LogP contribution is 2.38. The Morgan fingerprint density at radius 3 is 1.46 bits per heavy atom. The molecule has 0 aliphatic carbocycles. The van der Waals surface area contributed by atoms with Gasteiger partial charge in [0.05, 0.1) is 0 Å². The van der Waals surface area contributed by atoms with Gasteiger partial charge in [-0.3, -0.25) is 9.80 Å². The van der Waals surface area contributed by atoms with Gasteiger partial charge in [0.15, 0.2) is 0 Å². The van der Waals surface area contributed by atoms with Crippen LogP contribution in [0.25, 0.3) is 0 Å². The van der Waals surface area contributed by atoms with Crippen LogP contribution in [0.1, 0.15) is 47.2 Å². The van der Waals surface area contributed by atoms with E-state index in [1.165, 1.54) is 33.4 Å². The second-order valence-electron chi connectivity index (χ2n) is 10.8. The van der Waals surface area contributed by atoms with Crippen molar-refractivity contribution < 1.29 is 9.47 Å². The molecule has 0 bridgehead atoms. The van der Waals surface area contributed by atoms with E-state index < -0.39 is 0 Å². The van der Waals surface area contributed by atoms with Crippen molar-refractivity contribution in [1.82, 2.24) is 9.80 Å². The van der Waals surface area contributed by atoms with Gasteiger partial charge in [0.25, 0.3) is 0 Å². The number of rotatable bonds is 6. The molecule has 6 rings (SSSR count). The first-order valence-electron chi connectivity index (χ1n) is 13.1. The standard InChI is InChI=1S/C33H34N2O2/c1-33(2,29-13-15-31-27(17-29)21-34(23-36-31)19-25-9-5-3-6-10-25)30-14-16-32-28(18-30)22-35(24-37-32)20-26-11-7-4-8-12-26/h3-18H,19-24H2,1-2H3. The molecule has 4 aromatic carbocycles. The summed E-state index contributed by atoms with van der Waals surface area (Å²) in [5.41, 5.74) is 7.58. The van der Waals surface area contributed by atoms with E-state index in [0.717, 1.165) is 37.7 Å². The lowest BCUT2D eigenvalue weighted by atomic mass is 9.77. The van der Waals surface area contributed by atoms with E-state index in [-0.39, 0.29) is 5.41 Å². The van der Waals surface area contributed by atoms with E-state index in [1.807, 2.05) is 0 Å². The zero-order valence-electron chi connectivity index (χ0n) is 21.7. The second-order valence-corrected chi connectivity index (χ2v) is 10.8. The number of hydrogen-bond acceptors (Lipinski definition) is 4. The predicted molar refractivity (Wildman–Crippen MR) is 147 cm³/mol.